The van der Waals surface area contributed by atoms with Gasteiger partial charge in [-0.2, -0.15) is 13.2 Å². The first-order valence-electron chi connectivity index (χ1n) is 6.10. The Balaban J connectivity index is 1.83. The van der Waals surface area contributed by atoms with Crippen molar-refractivity contribution in [2.24, 2.45) is 0 Å². The lowest BCUT2D eigenvalue weighted by molar-refractivity contribution is -0.208. The lowest BCUT2D eigenvalue weighted by Crippen LogP contribution is -2.51. The molecule has 0 bridgehead atoms. The Morgan fingerprint density at radius 1 is 1.21 bits per heavy atom. The van der Waals surface area contributed by atoms with Crippen LogP contribution in [0.3, 0.4) is 0 Å². The van der Waals surface area contributed by atoms with Crippen molar-refractivity contribution in [2.75, 3.05) is 37.6 Å². The molecule has 7 heteroatoms. The molecule has 1 aromatic rings. The van der Waals surface area contributed by atoms with Gasteiger partial charge in [-0.05, 0) is 12.1 Å². The molecule has 0 radical (unpaired) electrons. The molecular weight excluding hydrogens is 259 g/mol. The zero-order chi connectivity index (χ0) is 13.9. The molecule has 1 unspecified atom stereocenters. The zero-order valence-corrected chi connectivity index (χ0v) is 10.3. The molecule has 2 heterocycles. The van der Waals surface area contributed by atoms with E-state index in [-0.39, 0.29) is 6.54 Å². The van der Waals surface area contributed by atoms with Crippen LogP contribution in [0.2, 0.25) is 0 Å². The third-order valence-corrected chi connectivity index (χ3v) is 3.15. The van der Waals surface area contributed by atoms with Gasteiger partial charge in [0.15, 0.2) is 6.10 Å². The van der Waals surface area contributed by atoms with Crippen molar-refractivity contribution < 1.29 is 18.3 Å². The minimum atomic E-state index is -4.54. The lowest BCUT2D eigenvalue weighted by Gasteiger charge is -2.36. The van der Waals surface area contributed by atoms with Crippen LogP contribution < -0.4 is 4.90 Å². The lowest BCUT2D eigenvalue weighted by atomic mass is 10.2. The Labute approximate surface area is 109 Å². The van der Waals surface area contributed by atoms with Gasteiger partial charge < -0.3 is 10.0 Å². The number of piperazine rings is 1. The molecule has 1 aromatic heterocycles. The highest BCUT2D eigenvalue weighted by Gasteiger charge is 2.39. The summed E-state index contributed by atoms with van der Waals surface area (Å²) in [4.78, 5) is 7.85. The Hall–Kier alpha value is -1.34. The molecule has 0 amide bonds. The molecule has 1 atom stereocenters. The number of aromatic nitrogens is 1. The van der Waals surface area contributed by atoms with Crippen LogP contribution in [0.15, 0.2) is 24.4 Å². The number of nitrogens with zero attached hydrogens (tertiary/aromatic N) is 3. The maximum Gasteiger partial charge on any atom is 0.415 e. The van der Waals surface area contributed by atoms with E-state index in [9.17, 15) is 13.2 Å². The third-order valence-electron chi connectivity index (χ3n) is 3.15. The minimum Gasteiger partial charge on any atom is -0.382 e. The van der Waals surface area contributed by atoms with Gasteiger partial charge in [0.2, 0.25) is 0 Å². The fourth-order valence-electron chi connectivity index (χ4n) is 2.05. The maximum absolute atomic E-state index is 12.2. The Morgan fingerprint density at radius 3 is 2.42 bits per heavy atom. The van der Waals surface area contributed by atoms with E-state index in [2.05, 4.69) is 4.98 Å². The molecule has 1 saturated heterocycles. The summed E-state index contributed by atoms with van der Waals surface area (Å²) >= 11 is 0. The summed E-state index contributed by atoms with van der Waals surface area (Å²) in [5.74, 6) is 0.832. The van der Waals surface area contributed by atoms with Gasteiger partial charge in [-0.3, -0.25) is 4.90 Å². The van der Waals surface area contributed by atoms with E-state index >= 15 is 0 Å². The number of anilines is 1. The second-order valence-corrected chi connectivity index (χ2v) is 4.53. The van der Waals surface area contributed by atoms with E-state index < -0.39 is 12.3 Å². The van der Waals surface area contributed by atoms with Gasteiger partial charge in [0.05, 0.1) is 0 Å². The summed E-state index contributed by atoms with van der Waals surface area (Å²) < 4.78 is 36.7. The van der Waals surface area contributed by atoms with Crippen molar-refractivity contribution in [1.29, 1.82) is 0 Å². The fraction of sp³-hybridized carbons (Fsp3) is 0.583. The zero-order valence-electron chi connectivity index (χ0n) is 10.3. The number of alkyl halides is 3. The van der Waals surface area contributed by atoms with E-state index in [0.717, 1.165) is 5.82 Å². The molecule has 1 fully saturated rings. The summed E-state index contributed by atoms with van der Waals surface area (Å²) in [7, 11) is 0. The van der Waals surface area contributed by atoms with Crippen LogP contribution in [0.4, 0.5) is 19.0 Å². The monoisotopic (exact) mass is 275 g/mol. The number of halogens is 3. The van der Waals surface area contributed by atoms with E-state index in [4.69, 9.17) is 5.11 Å². The van der Waals surface area contributed by atoms with Crippen LogP contribution in [0.5, 0.6) is 0 Å². The summed E-state index contributed by atoms with van der Waals surface area (Å²) in [5, 5.41) is 9.03. The first kappa shape index (κ1) is 14.1. The smallest absolute Gasteiger partial charge is 0.382 e. The van der Waals surface area contributed by atoms with Crippen LogP contribution in [0.1, 0.15) is 0 Å². The molecule has 106 valence electrons. The number of hydrogen-bond acceptors (Lipinski definition) is 4. The summed E-state index contributed by atoms with van der Waals surface area (Å²) in [6.07, 6.45) is -5.12. The third kappa shape index (κ3) is 3.81. The van der Waals surface area contributed by atoms with Gasteiger partial charge in [-0.25, -0.2) is 4.98 Å². The molecule has 1 N–H and O–H groups in total. The first-order chi connectivity index (χ1) is 8.97. The van der Waals surface area contributed by atoms with Gasteiger partial charge >= 0.3 is 6.18 Å². The van der Waals surface area contributed by atoms with Crippen LogP contribution in [-0.4, -0.2) is 60.0 Å². The van der Waals surface area contributed by atoms with Gasteiger partial charge in [-0.15, -0.1) is 0 Å². The number of aliphatic hydroxyl groups is 1. The van der Waals surface area contributed by atoms with Gasteiger partial charge in [0.1, 0.15) is 5.82 Å². The minimum absolute atomic E-state index is 0.362. The van der Waals surface area contributed by atoms with Crippen molar-refractivity contribution in [3.8, 4) is 0 Å². The van der Waals surface area contributed by atoms with E-state index in [0.29, 0.717) is 26.2 Å². The molecule has 0 saturated carbocycles. The molecule has 4 nitrogen and oxygen atoms in total. The second-order valence-electron chi connectivity index (χ2n) is 4.53. The average Bonchev–Trinajstić information content (AvgIpc) is 2.39. The van der Waals surface area contributed by atoms with E-state index in [1.807, 2.05) is 23.1 Å². The molecular formula is C12H16F3N3O. The standard InChI is InChI=1S/C12H16F3N3O/c13-12(14,15)10(19)9-17-5-7-18(8-6-17)11-3-1-2-4-16-11/h1-4,10,19H,5-9H2. The highest BCUT2D eigenvalue weighted by molar-refractivity contribution is 5.38. The Bertz CT molecular complexity index is 391. The van der Waals surface area contributed by atoms with Crippen LogP contribution in [0.25, 0.3) is 0 Å². The van der Waals surface area contributed by atoms with Crippen LogP contribution in [0, 0.1) is 0 Å². The van der Waals surface area contributed by atoms with Gasteiger partial charge in [0, 0.05) is 38.9 Å². The van der Waals surface area contributed by atoms with Crippen LogP contribution in [-0.2, 0) is 0 Å². The molecule has 2 rings (SSSR count). The maximum atomic E-state index is 12.2. The number of aliphatic hydroxyl groups excluding tert-OH is 1. The molecule has 19 heavy (non-hydrogen) atoms. The van der Waals surface area contributed by atoms with Crippen molar-refractivity contribution in [2.45, 2.75) is 12.3 Å². The first-order valence-corrected chi connectivity index (χ1v) is 6.10. The molecule has 1 aliphatic heterocycles. The fourth-order valence-corrected chi connectivity index (χ4v) is 2.05. The predicted octanol–water partition coefficient (Wildman–Crippen LogP) is 1.13. The summed E-state index contributed by atoms with van der Waals surface area (Å²) in [5.41, 5.74) is 0. The van der Waals surface area contributed by atoms with E-state index in [1.165, 1.54) is 0 Å². The number of pyridine rings is 1. The van der Waals surface area contributed by atoms with Gasteiger partial charge in [0.25, 0.3) is 0 Å². The molecule has 0 aliphatic carbocycles. The number of rotatable bonds is 3. The molecule has 0 aromatic carbocycles. The van der Waals surface area contributed by atoms with Crippen molar-refractivity contribution in [1.82, 2.24) is 9.88 Å². The summed E-state index contributed by atoms with van der Waals surface area (Å²) in [6, 6.07) is 5.57. The normalized spacial score (nSPS) is 19.5. The predicted molar refractivity (Wildman–Crippen MR) is 65.0 cm³/mol. The Kier molecular flexibility index (Phi) is 4.26. The highest BCUT2D eigenvalue weighted by Crippen LogP contribution is 2.21. The van der Waals surface area contributed by atoms with Crippen molar-refractivity contribution >= 4 is 5.82 Å². The molecule has 1 aliphatic rings. The Morgan fingerprint density at radius 2 is 1.89 bits per heavy atom. The number of hydrogen-bond donors (Lipinski definition) is 1. The highest BCUT2D eigenvalue weighted by atomic mass is 19.4. The summed E-state index contributed by atoms with van der Waals surface area (Å²) in [6.45, 7) is 1.84. The quantitative estimate of drug-likeness (QED) is 0.897. The largest absolute Gasteiger partial charge is 0.415 e. The van der Waals surface area contributed by atoms with Gasteiger partial charge in [-0.1, -0.05) is 6.07 Å². The van der Waals surface area contributed by atoms with E-state index in [1.54, 1.807) is 11.1 Å². The topological polar surface area (TPSA) is 39.6 Å². The molecule has 0 spiro atoms. The van der Waals surface area contributed by atoms with Crippen molar-refractivity contribution in [3.05, 3.63) is 24.4 Å². The second kappa shape index (κ2) is 5.75. The number of β-amino-alcohol motifs (C(OH)–C–C–N with tert-alkyl or cyclic N) is 1. The SMILES string of the molecule is OC(CN1CCN(c2ccccn2)CC1)C(F)(F)F. The van der Waals surface area contributed by atoms with Crippen LogP contribution >= 0.6 is 0 Å². The average molecular weight is 275 g/mol. The van der Waals surface area contributed by atoms with Crippen molar-refractivity contribution in [3.63, 3.8) is 0 Å².